The van der Waals surface area contributed by atoms with E-state index in [4.69, 9.17) is 4.74 Å². The highest BCUT2D eigenvalue weighted by Gasteiger charge is 2.32. The van der Waals surface area contributed by atoms with E-state index in [9.17, 15) is 4.79 Å². The molecule has 1 amide bonds. The molecular formula is C21H26N2O2. The maximum atomic E-state index is 12.7. The Morgan fingerprint density at radius 3 is 2.48 bits per heavy atom. The lowest BCUT2D eigenvalue weighted by Gasteiger charge is -2.38. The summed E-state index contributed by atoms with van der Waals surface area (Å²) in [6.07, 6.45) is -0.248. The largest absolute Gasteiger partial charge is 0.444 e. The van der Waals surface area contributed by atoms with Crippen LogP contribution in [-0.2, 0) is 4.74 Å². The average Bonchev–Trinajstić information content (AvgIpc) is 2.61. The fraction of sp³-hybridized carbons (Fsp3) is 0.381. The SMILES string of the molecule is CC(C)(C)OC(=O)N1CCNC[C@H]1c1ccccc1-c1ccccc1. The molecule has 1 fully saturated rings. The molecule has 4 nitrogen and oxygen atoms in total. The predicted octanol–water partition coefficient (Wildman–Crippen LogP) is 4.24. The van der Waals surface area contributed by atoms with E-state index in [1.54, 1.807) is 0 Å². The Morgan fingerprint density at radius 1 is 1.08 bits per heavy atom. The number of hydrogen-bond donors (Lipinski definition) is 1. The van der Waals surface area contributed by atoms with Crippen molar-refractivity contribution in [3.63, 3.8) is 0 Å². The van der Waals surface area contributed by atoms with Crippen LogP contribution >= 0.6 is 0 Å². The first-order chi connectivity index (χ1) is 12.0. The van der Waals surface area contributed by atoms with E-state index in [0.29, 0.717) is 6.54 Å². The van der Waals surface area contributed by atoms with Gasteiger partial charge < -0.3 is 10.1 Å². The van der Waals surface area contributed by atoms with Crippen molar-refractivity contribution >= 4 is 6.09 Å². The van der Waals surface area contributed by atoms with Crippen molar-refractivity contribution in [2.24, 2.45) is 0 Å². The predicted molar refractivity (Wildman–Crippen MR) is 100 cm³/mol. The summed E-state index contributed by atoms with van der Waals surface area (Å²) in [5.74, 6) is 0. The molecule has 0 aliphatic carbocycles. The second-order valence-corrected chi connectivity index (χ2v) is 7.35. The number of ether oxygens (including phenoxy) is 1. The van der Waals surface area contributed by atoms with Crippen LogP contribution in [0.1, 0.15) is 32.4 Å². The zero-order valence-corrected chi connectivity index (χ0v) is 15.2. The van der Waals surface area contributed by atoms with Crippen LogP contribution < -0.4 is 5.32 Å². The number of nitrogens with one attached hydrogen (secondary N) is 1. The summed E-state index contributed by atoms with van der Waals surface area (Å²) >= 11 is 0. The number of rotatable bonds is 2. The van der Waals surface area contributed by atoms with Crippen LogP contribution in [0.2, 0.25) is 0 Å². The highest BCUT2D eigenvalue weighted by atomic mass is 16.6. The van der Waals surface area contributed by atoms with Gasteiger partial charge in [-0.05, 0) is 37.5 Å². The Kier molecular flexibility index (Phi) is 5.09. The minimum absolute atomic E-state index is 0.0417. The molecule has 1 atom stereocenters. The Hall–Kier alpha value is -2.33. The summed E-state index contributed by atoms with van der Waals surface area (Å²) in [7, 11) is 0. The zero-order valence-electron chi connectivity index (χ0n) is 15.2. The Bertz CT molecular complexity index is 722. The molecule has 0 saturated carbocycles. The van der Waals surface area contributed by atoms with Gasteiger partial charge >= 0.3 is 6.09 Å². The Labute approximate surface area is 149 Å². The third-order valence-corrected chi connectivity index (χ3v) is 4.28. The molecule has 0 radical (unpaired) electrons. The molecule has 1 aliphatic heterocycles. The lowest BCUT2D eigenvalue weighted by atomic mass is 9.93. The van der Waals surface area contributed by atoms with Crippen LogP contribution in [0, 0.1) is 0 Å². The number of carbonyl (C=O) groups is 1. The van der Waals surface area contributed by atoms with Crippen molar-refractivity contribution < 1.29 is 9.53 Å². The van der Waals surface area contributed by atoms with Gasteiger partial charge in [0, 0.05) is 19.6 Å². The van der Waals surface area contributed by atoms with E-state index < -0.39 is 5.60 Å². The van der Waals surface area contributed by atoms with Gasteiger partial charge in [-0.15, -0.1) is 0 Å². The molecule has 1 N–H and O–H groups in total. The average molecular weight is 338 g/mol. The molecule has 0 aromatic heterocycles. The Balaban J connectivity index is 1.95. The molecule has 1 aliphatic rings. The molecule has 1 heterocycles. The third-order valence-electron chi connectivity index (χ3n) is 4.28. The maximum Gasteiger partial charge on any atom is 0.410 e. The van der Waals surface area contributed by atoms with Crippen LogP contribution in [0.5, 0.6) is 0 Å². The molecule has 4 heteroatoms. The molecule has 1 saturated heterocycles. The topological polar surface area (TPSA) is 41.6 Å². The molecule has 2 aromatic carbocycles. The van der Waals surface area contributed by atoms with Crippen LogP contribution in [0.25, 0.3) is 11.1 Å². The van der Waals surface area contributed by atoms with Gasteiger partial charge in [0.25, 0.3) is 0 Å². The lowest BCUT2D eigenvalue weighted by Crippen LogP contribution is -2.50. The van der Waals surface area contributed by atoms with E-state index in [-0.39, 0.29) is 12.1 Å². The summed E-state index contributed by atoms with van der Waals surface area (Å²) < 4.78 is 5.63. The number of amides is 1. The first kappa shape index (κ1) is 17.5. The summed E-state index contributed by atoms with van der Waals surface area (Å²) in [5, 5.41) is 3.41. The fourth-order valence-corrected chi connectivity index (χ4v) is 3.19. The molecule has 3 rings (SSSR count). The van der Waals surface area contributed by atoms with E-state index in [1.807, 2.05) is 56.0 Å². The van der Waals surface area contributed by atoms with Crippen molar-refractivity contribution in [3.8, 4) is 11.1 Å². The van der Waals surface area contributed by atoms with Crippen molar-refractivity contribution in [2.75, 3.05) is 19.6 Å². The summed E-state index contributed by atoms with van der Waals surface area (Å²) in [4.78, 5) is 14.6. The smallest absolute Gasteiger partial charge is 0.410 e. The standard InChI is InChI=1S/C21H26N2O2/c1-21(2,3)25-20(24)23-14-13-22-15-19(23)18-12-8-7-11-17(18)16-9-5-4-6-10-16/h4-12,19,22H,13-15H2,1-3H3/t19-/m0/s1. The van der Waals surface area contributed by atoms with Crippen molar-refractivity contribution in [1.29, 1.82) is 0 Å². The normalized spacial score (nSPS) is 18.0. The first-order valence-corrected chi connectivity index (χ1v) is 8.80. The minimum atomic E-state index is -0.495. The number of hydrogen-bond acceptors (Lipinski definition) is 3. The second-order valence-electron chi connectivity index (χ2n) is 7.35. The summed E-state index contributed by atoms with van der Waals surface area (Å²) in [6, 6.07) is 18.6. The summed E-state index contributed by atoms with van der Waals surface area (Å²) in [5.41, 5.74) is 2.97. The molecule has 0 unspecified atom stereocenters. The number of nitrogens with zero attached hydrogens (tertiary/aromatic N) is 1. The molecular weight excluding hydrogens is 312 g/mol. The van der Waals surface area contributed by atoms with Crippen LogP contribution in [-0.4, -0.2) is 36.2 Å². The van der Waals surface area contributed by atoms with E-state index in [0.717, 1.165) is 29.8 Å². The van der Waals surface area contributed by atoms with Gasteiger partial charge in [-0.25, -0.2) is 4.79 Å². The molecule has 132 valence electrons. The Morgan fingerprint density at radius 2 is 1.76 bits per heavy atom. The maximum absolute atomic E-state index is 12.7. The monoisotopic (exact) mass is 338 g/mol. The number of benzene rings is 2. The van der Waals surface area contributed by atoms with Crippen molar-refractivity contribution in [1.82, 2.24) is 10.2 Å². The second kappa shape index (κ2) is 7.28. The van der Waals surface area contributed by atoms with Gasteiger partial charge in [-0.2, -0.15) is 0 Å². The quantitative estimate of drug-likeness (QED) is 0.891. The van der Waals surface area contributed by atoms with E-state index in [2.05, 4.69) is 29.6 Å². The minimum Gasteiger partial charge on any atom is -0.444 e. The van der Waals surface area contributed by atoms with Gasteiger partial charge in [0.05, 0.1) is 6.04 Å². The number of carbonyl (C=O) groups excluding carboxylic acids is 1. The highest BCUT2D eigenvalue weighted by Crippen LogP contribution is 2.32. The molecule has 0 spiro atoms. The third kappa shape index (κ3) is 4.20. The molecule has 2 aromatic rings. The van der Waals surface area contributed by atoms with Crippen LogP contribution in [0.15, 0.2) is 54.6 Å². The van der Waals surface area contributed by atoms with Gasteiger partial charge in [-0.1, -0.05) is 54.6 Å². The summed E-state index contributed by atoms with van der Waals surface area (Å²) in [6.45, 7) is 7.86. The zero-order chi connectivity index (χ0) is 17.9. The molecule has 25 heavy (non-hydrogen) atoms. The van der Waals surface area contributed by atoms with Gasteiger partial charge in [0.1, 0.15) is 5.60 Å². The van der Waals surface area contributed by atoms with Crippen molar-refractivity contribution in [3.05, 3.63) is 60.2 Å². The van der Waals surface area contributed by atoms with E-state index in [1.165, 1.54) is 0 Å². The van der Waals surface area contributed by atoms with Gasteiger partial charge in [0.2, 0.25) is 0 Å². The van der Waals surface area contributed by atoms with Crippen molar-refractivity contribution in [2.45, 2.75) is 32.4 Å². The lowest BCUT2D eigenvalue weighted by molar-refractivity contribution is 0.0118. The highest BCUT2D eigenvalue weighted by molar-refractivity contribution is 5.72. The van der Waals surface area contributed by atoms with Crippen LogP contribution in [0.4, 0.5) is 4.79 Å². The van der Waals surface area contributed by atoms with Gasteiger partial charge in [0.15, 0.2) is 0 Å². The van der Waals surface area contributed by atoms with E-state index >= 15 is 0 Å². The van der Waals surface area contributed by atoms with Crippen LogP contribution in [0.3, 0.4) is 0 Å². The number of piperazine rings is 1. The van der Waals surface area contributed by atoms with Gasteiger partial charge in [-0.3, -0.25) is 4.90 Å². The molecule has 0 bridgehead atoms. The fourth-order valence-electron chi connectivity index (χ4n) is 3.19. The first-order valence-electron chi connectivity index (χ1n) is 8.80.